The molecule has 0 aliphatic rings. The zero-order valence-electron chi connectivity index (χ0n) is 16.4. The normalized spacial score (nSPS) is 12.1. The summed E-state index contributed by atoms with van der Waals surface area (Å²) >= 11 is 0. The molecule has 0 radical (unpaired) electrons. The van der Waals surface area contributed by atoms with Gasteiger partial charge in [0.05, 0.1) is 12.2 Å². The van der Waals surface area contributed by atoms with Crippen LogP contribution in [0.3, 0.4) is 0 Å². The summed E-state index contributed by atoms with van der Waals surface area (Å²) in [4.78, 5) is 39.3. The first-order valence-corrected chi connectivity index (χ1v) is 9.23. The number of carbonyl (C=O) groups excluding carboxylic acids is 1. The molecule has 0 spiro atoms. The SMILES string of the molecule is CC(C)Cn1cc(-c2cccc([C@@H](C)NC(=O)c3[nH]c(=O)[nH]c(=O)c3O)c2)cn1. The average molecular weight is 397 g/mol. The van der Waals surface area contributed by atoms with Gasteiger partial charge in [-0.05, 0) is 30.0 Å². The molecule has 0 saturated heterocycles. The molecule has 152 valence electrons. The van der Waals surface area contributed by atoms with Crippen LogP contribution in [0, 0.1) is 5.92 Å². The summed E-state index contributed by atoms with van der Waals surface area (Å²) in [5.74, 6) is -1.11. The van der Waals surface area contributed by atoms with Gasteiger partial charge >= 0.3 is 5.69 Å². The largest absolute Gasteiger partial charge is 0.501 e. The Morgan fingerprint density at radius 2 is 1.97 bits per heavy atom. The van der Waals surface area contributed by atoms with Crippen molar-refractivity contribution < 1.29 is 9.90 Å². The zero-order chi connectivity index (χ0) is 21.1. The van der Waals surface area contributed by atoms with Gasteiger partial charge < -0.3 is 10.4 Å². The summed E-state index contributed by atoms with van der Waals surface area (Å²) < 4.78 is 1.89. The van der Waals surface area contributed by atoms with Crippen LogP contribution < -0.4 is 16.6 Å². The minimum Gasteiger partial charge on any atom is -0.501 e. The van der Waals surface area contributed by atoms with Crippen molar-refractivity contribution in [2.75, 3.05) is 0 Å². The third-order valence-corrected chi connectivity index (χ3v) is 4.40. The number of amides is 1. The Kier molecular flexibility index (Phi) is 5.67. The smallest absolute Gasteiger partial charge is 0.326 e. The Morgan fingerprint density at radius 1 is 1.21 bits per heavy atom. The number of benzene rings is 1. The standard InChI is InChI=1S/C20H23N5O4/c1-11(2)9-25-10-15(8-21-25)14-6-4-5-13(7-14)12(3)22-18(27)16-17(26)19(28)24-20(29)23-16/h4-8,10-12,26H,9H2,1-3H3,(H,22,27)(H2,23,24,28,29)/t12-/m1/s1. The highest BCUT2D eigenvalue weighted by atomic mass is 16.3. The molecule has 0 saturated carbocycles. The van der Waals surface area contributed by atoms with Crippen LogP contribution in [0.4, 0.5) is 0 Å². The average Bonchev–Trinajstić information content (AvgIpc) is 3.12. The van der Waals surface area contributed by atoms with Crippen molar-refractivity contribution in [3.63, 3.8) is 0 Å². The number of aromatic nitrogens is 4. The second kappa shape index (κ2) is 8.17. The van der Waals surface area contributed by atoms with Gasteiger partial charge in [-0.15, -0.1) is 0 Å². The van der Waals surface area contributed by atoms with Crippen LogP contribution in [0.15, 0.2) is 46.2 Å². The molecule has 1 atom stereocenters. The predicted molar refractivity (Wildman–Crippen MR) is 108 cm³/mol. The molecule has 1 amide bonds. The van der Waals surface area contributed by atoms with Gasteiger partial charge in [0.2, 0.25) is 5.75 Å². The van der Waals surface area contributed by atoms with E-state index >= 15 is 0 Å². The third-order valence-electron chi connectivity index (χ3n) is 4.40. The highest BCUT2D eigenvalue weighted by Gasteiger charge is 2.18. The maximum Gasteiger partial charge on any atom is 0.326 e. The van der Waals surface area contributed by atoms with Crippen LogP contribution in [0.25, 0.3) is 11.1 Å². The molecule has 2 aromatic heterocycles. The fourth-order valence-corrected chi connectivity index (χ4v) is 2.97. The summed E-state index contributed by atoms with van der Waals surface area (Å²) in [6.07, 6.45) is 3.77. The van der Waals surface area contributed by atoms with Crippen LogP contribution in [-0.2, 0) is 6.54 Å². The van der Waals surface area contributed by atoms with Gasteiger partial charge in [-0.3, -0.25) is 24.2 Å². The van der Waals surface area contributed by atoms with Gasteiger partial charge in [-0.25, -0.2) is 4.79 Å². The summed E-state index contributed by atoms with van der Waals surface area (Å²) in [6, 6.07) is 7.18. The van der Waals surface area contributed by atoms with Gasteiger partial charge in [0.25, 0.3) is 11.5 Å². The molecule has 3 rings (SSSR count). The lowest BCUT2D eigenvalue weighted by Crippen LogP contribution is -2.32. The lowest BCUT2D eigenvalue weighted by Gasteiger charge is -2.15. The van der Waals surface area contributed by atoms with Crippen molar-refractivity contribution in [3.05, 3.63) is 68.8 Å². The Morgan fingerprint density at radius 3 is 2.69 bits per heavy atom. The molecule has 29 heavy (non-hydrogen) atoms. The number of nitrogens with one attached hydrogen (secondary N) is 3. The van der Waals surface area contributed by atoms with Gasteiger partial charge in [0, 0.05) is 18.3 Å². The molecule has 9 heteroatoms. The Hall–Kier alpha value is -3.62. The number of hydrogen-bond donors (Lipinski definition) is 4. The van der Waals surface area contributed by atoms with E-state index < -0.39 is 34.6 Å². The quantitative estimate of drug-likeness (QED) is 0.503. The van der Waals surface area contributed by atoms with E-state index in [9.17, 15) is 19.5 Å². The van der Waals surface area contributed by atoms with E-state index in [1.54, 1.807) is 13.1 Å². The topological polar surface area (TPSA) is 133 Å². The molecule has 0 fully saturated rings. The zero-order valence-corrected chi connectivity index (χ0v) is 16.4. The van der Waals surface area contributed by atoms with Crippen molar-refractivity contribution in [2.24, 2.45) is 5.92 Å². The van der Waals surface area contributed by atoms with E-state index in [0.29, 0.717) is 5.92 Å². The molecular weight excluding hydrogens is 374 g/mol. The van der Waals surface area contributed by atoms with E-state index in [4.69, 9.17) is 0 Å². The number of carbonyl (C=O) groups is 1. The lowest BCUT2D eigenvalue weighted by atomic mass is 10.0. The van der Waals surface area contributed by atoms with E-state index in [1.165, 1.54) is 0 Å². The third kappa shape index (κ3) is 4.63. The first kappa shape index (κ1) is 20.1. The monoisotopic (exact) mass is 397 g/mol. The first-order valence-electron chi connectivity index (χ1n) is 9.23. The highest BCUT2D eigenvalue weighted by molar-refractivity contribution is 5.94. The van der Waals surface area contributed by atoms with Crippen molar-refractivity contribution in [2.45, 2.75) is 33.4 Å². The second-order valence-corrected chi connectivity index (χ2v) is 7.30. The fraction of sp³-hybridized carbons (Fsp3) is 0.300. The molecule has 1 aromatic carbocycles. The maximum atomic E-state index is 12.4. The summed E-state index contributed by atoms with van der Waals surface area (Å²) in [6.45, 7) is 6.83. The first-order chi connectivity index (χ1) is 13.7. The Bertz CT molecular complexity index is 1140. The van der Waals surface area contributed by atoms with E-state index in [1.807, 2.05) is 40.1 Å². The molecule has 3 aromatic rings. The minimum absolute atomic E-state index is 0.435. The molecular formula is C20H23N5O4. The summed E-state index contributed by atoms with van der Waals surface area (Å²) in [5.41, 5.74) is 0.363. The number of nitrogens with zero attached hydrogens (tertiary/aromatic N) is 2. The van der Waals surface area contributed by atoms with Gasteiger partial charge in [-0.1, -0.05) is 32.0 Å². The van der Waals surface area contributed by atoms with Crippen LogP contribution >= 0.6 is 0 Å². The van der Waals surface area contributed by atoms with Crippen molar-refractivity contribution >= 4 is 5.91 Å². The Balaban J connectivity index is 1.80. The highest BCUT2D eigenvalue weighted by Crippen LogP contribution is 2.23. The number of hydrogen-bond acceptors (Lipinski definition) is 5. The fourth-order valence-electron chi connectivity index (χ4n) is 2.97. The van der Waals surface area contributed by atoms with Gasteiger partial charge in [-0.2, -0.15) is 5.10 Å². The molecule has 4 N–H and O–H groups in total. The van der Waals surface area contributed by atoms with Crippen LogP contribution in [0.5, 0.6) is 5.75 Å². The molecule has 0 unspecified atom stereocenters. The molecule has 0 aliphatic heterocycles. The minimum atomic E-state index is -1.02. The number of aromatic hydroxyl groups is 1. The van der Waals surface area contributed by atoms with Crippen LogP contribution in [0.2, 0.25) is 0 Å². The van der Waals surface area contributed by atoms with E-state index in [0.717, 1.165) is 23.2 Å². The number of aromatic amines is 2. The van der Waals surface area contributed by atoms with E-state index in [2.05, 4.69) is 29.2 Å². The van der Waals surface area contributed by atoms with Gasteiger partial charge in [0.15, 0.2) is 5.69 Å². The molecule has 9 nitrogen and oxygen atoms in total. The predicted octanol–water partition coefficient (Wildman–Crippen LogP) is 1.78. The van der Waals surface area contributed by atoms with E-state index in [-0.39, 0.29) is 0 Å². The maximum absolute atomic E-state index is 12.4. The number of rotatable bonds is 6. The van der Waals surface area contributed by atoms with Crippen LogP contribution in [0.1, 0.15) is 42.9 Å². The lowest BCUT2D eigenvalue weighted by molar-refractivity contribution is 0.0931. The molecule has 0 aliphatic carbocycles. The van der Waals surface area contributed by atoms with Crippen molar-refractivity contribution in [1.29, 1.82) is 0 Å². The summed E-state index contributed by atoms with van der Waals surface area (Å²) in [7, 11) is 0. The molecule has 0 bridgehead atoms. The molecule has 2 heterocycles. The summed E-state index contributed by atoms with van der Waals surface area (Å²) in [5, 5.41) is 16.8. The van der Waals surface area contributed by atoms with Crippen LogP contribution in [-0.4, -0.2) is 30.8 Å². The second-order valence-electron chi connectivity index (χ2n) is 7.30. The Labute approximate surface area is 166 Å². The number of H-pyrrole nitrogens is 2. The van der Waals surface area contributed by atoms with Gasteiger partial charge in [0.1, 0.15) is 0 Å². The van der Waals surface area contributed by atoms with Crippen molar-refractivity contribution in [1.82, 2.24) is 25.1 Å². The van der Waals surface area contributed by atoms with Crippen molar-refractivity contribution in [3.8, 4) is 16.9 Å².